The average Bonchev–Trinajstić information content (AvgIpc) is 3.28. The van der Waals surface area contributed by atoms with Crippen LogP contribution in [0.3, 0.4) is 0 Å². The van der Waals surface area contributed by atoms with Crippen LogP contribution < -0.4 is 4.74 Å². The van der Waals surface area contributed by atoms with Crippen molar-refractivity contribution in [1.82, 2.24) is 0 Å². The van der Waals surface area contributed by atoms with Gasteiger partial charge in [0.1, 0.15) is 5.75 Å². The van der Waals surface area contributed by atoms with E-state index in [4.69, 9.17) is 18.9 Å². The maximum absolute atomic E-state index is 11.6. The fraction of sp³-hybridized carbons (Fsp3) is 0.409. The van der Waals surface area contributed by atoms with Gasteiger partial charge in [-0.2, -0.15) is 0 Å². The predicted octanol–water partition coefficient (Wildman–Crippen LogP) is 4.09. The third kappa shape index (κ3) is 5.74. The van der Waals surface area contributed by atoms with Gasteiger partial charge in [0.15, 0.2) is 6.29 Å². The van der Waals surface area contributed by atoms with Crippen molar-refractivity contribution in [2.24, 2.45) is 0 Å². The van der Waals surface area contributed by atoms with Crippen molar-refractivity contribution in [2.75, 3.05) is 27.4 Å². The molecule has 1 heterocycles. The van der Waals surface area contributed by atoms with E-state index < -0.39 is 0 Å². The van der Waals surface area contributed by atoms with Crippen molar-refractivity contribution in [3.05, 3.63) is 65.2 Å². The largest absolute Gasteiger partial charge is 0.497 e. The van der Waals surface area contributed by atoms with Gasteiger partial charge in [0.25, 0.3) is 0 Å². The first-order valence-electron chi connectivity index (χ1n) is 9.34. The summed E-state index contributed by atoms with van der Waals surface area (Å²) < 4.78 is 21.5. The van der Waals surface area contributed by atoms with Gasteiger partial charge in [-0.15, -0.1) is 11.8 Å². The SMILES string of the molecule is COC(=O)c1ccc(CCC(SCc2ccc(OC)cc2)C2OCCO2)cc1. The van der Waals surface area contributed by atoms with Crippen molar-refractivity contribution in [2.45, 2.75) is 30.1 Å². The first kappa shape index (κ1) is 20.7. The van der Waals surface area contributed by atoms with Crippen LogP contribution in [-0.4, -0.2) is 44.9 Å². The molecule has 2 aromatic carbocycles. The maximum atomic E-state index is 11.6. The molecule has 0 radical (unpaired) electrons. The van der Waals surface area contributed by atoms with Gasteiger partial charge in [-0.05, 0) is 48.2 Å². The van der Waals surface area contributed by atoms with Crippen LogP contribution >= 0.6 is 11.8 Å². The lowest BCUT2D eigenvalue weighted by molar-refractivity contribution is -0.0427. The highest BCUT2D eigenvalue weighted by atomic mass is 32.2. The van der Waals surface area contributed by atoms with Crippen molar-refractivity contribution < 1.29 is 23.7 Å². The van der Waals surface area contributed by atoms with Crippen LogP contribution in [0.15, 0.2) is 48.5 Å². The Bertz CT molecular complexity index is 739. The monoisotopic (exact) mass is 402 g/mol. The van der Waals surface area contributed by atoms with Crippen molar-refractivity contribution in [1.29, 1.82) is 0 Å². The molecule has 5 nitrogen and oxygen atoms in total. The van der Waals surface area contributed by atoms with Crippen LogP contribution in [-0.2, 0) is 26.4 Å². The summed E-state index contributed by atoms with van der Waals surface area (Å²) in [7, 11) is 3.06. The number of methoxy groups -OCH3 is 2. The Balaban J connectivity index is 1.57. The summed E-state index contributed by atoms with van der Waals surface area (Å²) in [5.41, 5.74) is 3.00. The Morgan fingerprint density at radius 2 is 1.68 bits per heavy atom. The van der Waals surface area contributed by atoms with E-state index in [1.807, 2.05) is 48.2 Å². The molecule has 6 heteroatoms. The first-order chi connectivity index (χ1) is 13.7. The number of thioether (sulfide) groups is 1. The van der Waals surface area contributed by atoms with E-state index in [2.05, 4.69) is 12.1 Å². The molecule has 0 amide bonds. The highest BCUT2D eigenvalue weighted by Crippen LogP contribution is 2.29. The van der Waals surface area contributed by atoms with Gasteiger partial charge < -0.3 is 18.9 Å². The number of ether oxygens (including phenoxy) is 4. The standard InChI is InChI=1S/C22H26O5S/c1-24-19-10-5-17(6-11-19)15-28-20(22-26-13-14-27-22)12-7-16-3-8-18(9-4-16)21(23)25-2/h3-6,8-11,20,22H,7,12-15H2,1-2H3. The molecule has 3 rings (SSSR count). The molecule has 0 aromatic heterocycles. The van der Waals surface area contributed by atoms with Crippen LogP contribution in [0.25, 0.3) is 0 Å². The van der Waals surface area contributed by atoms with Crippen LogP contribution in [0.4, 0.5) is 0 Å². The van der Waals surface area contributed by atoms with E-state index in [0.717, 1.165) is 24.3 Å². The number of rotatable bonds is 9. The summed E-state index contributed by atoms with van der Waals surface area (Å²) in [6.45, 7) is 1.30. The highest BCUT2D eigenvalue weighted by molar-refractivity contribution is 7.99. The van der Waals surface area contributed by atoms with Gasteiger partial charge in [0.05, 0.1) is 38.2 Å². The molecule has 1 aliphatic rings. The molecule has 0 saturated carbocycles. The molecule has 1 unspecified atom stereocenters. The maximum Gasteiger partial charge on any atom is 0.337 e. The molecule has 1 aliphatic heterocycles. The van der Waals surface area contributed by atoms with Crippen molar-refractivity contribution >= 4 is 17.7 Å². The molecule has 0 spiro atoms. The second-order valence-electron chi connectivity index (χ2n) is 6.53. The third-order valence-corrected chi connectivity index (χ3v) is 6.05. The minimum atomic E-state index is -0.313. The number of carbonyl (C=O) groups is 1. The number of esters is 1. The number of carbonyl (C=O) groups excluding carboxylic acids is 1. The van der Waals surface area contributed by atoms with Gasteiger partial charge in [-0.25, -0.2) is 4.79 Å². The lowest BCUT2D eigenvalue weighted by Gasteiger charge is -2.22. The predicted molar refractivity (Wildman–Crippen MR) is 110 cm³/mol. The summed E-state index contributed by atoms with van der Waals surface area (Å²) in [4.78, 5) is 11.6. The number of hydrogen-bond acceptors (Lipinski definition) is 6. The van der Waals surface area contributed by atoms with E-state index in [9.17, 15) is 4.79 Å². The topological polar surface area (TPSA) is 54.0 Å². The zero-order valence-electron chi connectivity index (χ0n) is 16.3. The lowest BCUT2D eigenvalue weighted by atomic mass is 10.1. The summed E-state index contributed by atoms with van der Waals surface area (Å²) in [5.74, 6) is 1.44. The summed E-state index contributed by atoms with van der Waals surface area (Å²) in [5, 5.41) is 0.241. The number of hydrogen-bond donors (Lipinski definition) is 0. The van der Waals surface area contributed by atoms with Crippen LogP contribution in [0.5, 0.6) is 5.75 Å². The van der Waals surface area contributed by atoms with E-state index in [1.54, 1.807) is 7.11 Å². The van der Waals surface area contributed by atoms with Gasteiger partial charge >= 0.3 is 5.97 Å². The minimum Gasteiger partial charge on any atom is -0.497 e. The summed E-state index contributed by atoms with van der Waals surface area (Å²) >= 11 is 1.85. The fourth-order valence-electron chi connectivity index (χ4n) is 3.05. The molecular formula is C22H26O5S. The molecule has 0 bridgehead atoms. The second-order valence-corrected chi connectivity index (χ2v) is 7.76. The molecule has 1 atom stereocenters. The van der Waals surface area contributed by atoms with Crippen LogP contribution in [0.1, 0.15) is 27.9 Å². The quantitative estimate of drug-likeness (QED) is 0.589. The van der Waals surface area contributed by atoms with E-state index in [-0.39, 0.29) is 17.5 Å². The molecular weight excluding hydrogens is 376 g/mol. The minimum absolute atomic E-state index is 0.169. The van der Waals surface area contributed by atoms with Gasteiger partial charge in [0.2, 0.25) is 0 Å². The zero-order chi connectivity index (χ0) is 19.8. The lowest BCUT2D eigenvalue weighted by Crippen LogP contribution is -2.25. The molecule has 0 aliphatic carbocycles. The van der Waals surface area contributed by atoms with E-state index in [1.165, 1.54) is 18.2 Å². The Morgan fingerprint density at radius 3 is 2.29 bits per heavy atom. The van der Waals surface area contributed by atoms with Crippen molar-refractivity contribution in [3.63, 3.8) is 0 Å². The Morgan fingerprint density at radius 1 is 1.04 bits per heavy atom. The van der Waals surface area contributed by atoms with Crippen LogP contribution in [0, 0.1) is 0 Å². The van der Waals surface area contributed by atoms with Crippen molar-refractivity contribution in [3.8, 4) is 5.75 Å². The number of aryl methyl sites for hydroxylation is 1. The number of benzene rings is 2. The van der Waals surface area contributed by atoms with Gasteiger partial charge in [-0.1, -0.05) is 24.3 Å². The molecule has 0 N–H and O–H groups in total. The Labute approximate surface area is 170 Å². The second kappa shape index (κ2) is 10.5. The van der Waals surface area contributed by atoms with Gasteiger partial charge in [0, 0.05) is 5.75 Å². The fourth-order valence-corrected chi connectivity index (χ4v) is 4.25. The molecule has 28 heavy (non-hydrogen) atoms. The van der Waals surface area contributed by atoms with Crippen LogP contribution in [0.2, 0.25) is 0 Å². The van der Waals surface area contributed by atoms with E-state index in [0.29, 0.717) is 18.8 Å². The zero-order valence-corrected chi connectivity index (χ0v) is 17.1. The third-order valence-electron chi connectivity index (χ3n) is 4.67. The smallest absolute Gasteiger partial charge is 0.337 e. The average molecular weight is 403 g/mol. The molecule has 1 fully saturated rings. The van der Waals surface area contributed by atoms with E-state index >= 15 is 0 Å². The highest BCUT2D eigenvalue weighted by Gasteiger charge is 2.27. The Hall–Kier alpha value is -2.02. The molecule has 2 aromatic rings. The normalized spacial score (nSPS) is 15.4. The molecule has 150 valence electrons. The Kier molecular flexibility index (Phi) is 7.77. The molecule has 1 saturated heterocycles. The first-order valence-corrected chi connectivity index (χ1v) is 10.4. The van der Waals surface area contributed by atoms with Gasteiger partial charge in [-0.3, -0.25) is 0 Å². The summed E-state index contributed by atoms with van der Waals surface area (Å²) in [6, 6.07) is 15.7. The summed E-state index contributed by atoms with van der Waals surface area (Å²) in [6.07, 6.45) is 1.66.